The van der Waals surface area contributed by atoms with Crippen molar-refractivity contribution in [3.05, 3.63) is 107 Å². The first-order valence-corrected chi connectivity index (χ1v) is 8.28. The van der Waals surface area contributed by atoms with E-state index in [2.05, 4.69) is 5.32 Å². The molecule has 0 heterocycles. The smallest absolute Gasteiger partial charge is 0.225 e. The molecule has 0 bridgehead atoms. The summed E-state index contributed by atoms with van der Waals surface area (Å²) in [5.74, 6) is -0.394. The van der Waals surface area contributed by atoms with E-state index in [4.69, 9.17) is 0 Å². The highest BCUT2D eigenvalue weighted by molar-refractivity contribution is 5.79. The van der Waals surface area contributed by atoms with Gasteiger partial charge in [0.25, 0.3) is 0 Å². The van der Waals surface area contributed by atoms with E-state index in [-0.39, 0.29) is 24.2 Å². The average molecular weight is 333 g/mol. The summed E-state index contributed by atoms with van der Waals surface area (Å²) < 4.78 is 13.0. The summed E-state index contributed by atoms with van der Waals surface area (Å²) in [6, 6.07) is 23.8. The largest absolute Gasteiger partial charge is 0.345 e. The van der Waals surface area contributed by atoms with Gasteiger partial charge >= 0.3 is 0 Å². The van der Waals surface area contributed by atoms with Gasteiger partial charge in [0.15, 0.2) is 0 Å². The number of halogens is 1. The lowest BCUT2D eigenvalue weighted by Gasteiger charge is -2.21. The Balaban J connectivity index is 1.84. The van der Waals surface area contributed by atoms with E-state index in [9.17, 15) is 9.18 Å². The number of carbonyl (C=O) groups is 1. The molecule has 3 heteroatoms. The predicted molar refractivity (Wildman–Crippen MR) is 97.7 cm³/mol. The van der Waals surface area contributed by atoms with E-state index in [1.807, 2.05) is 61.5 Å². The quantitative estimate of drug-likeness (QED) is 0.727. The van der Waals surface area contributed by atoms with Crippen LogP contribution in [0.2, 0.25) is 0 Å². The molecule has 1 N–H and O–H groups in total. The van der Waals surface area contributed by atoms with Crippen LogP contribution < -0.4 is 5.32 Å². The summed E-state index contributed by atoms with van der Waals surface area (Å²) in [6.45, 7) is 2.04. The van der Waals surface area contributed by atoms with Crippen LogP contribution in [0.4, 0.5) is 4.39 Å². The van der Waals surface area contributed by atoms with E-state index in [0.29, 0.717) is 0 Å². The molecule has 126 valence electrons. The Bertz CT molecular complexity index is 843. The third-order valence-electron chi connectivity index (χ3n) is 4.22. The first kappa shape index (κ1) is 16.9. The first-order valence-electron chi connectivity index (χ1n) is 8.28. The Labute approximate surface area is 147 Å². The topological polar surface area (TPSA) is 29.1 Å². The van der Waals surface area contributed by atoms with Crippen LogP contribution in [-0.4, -0.2) is 5.91 Å². The van der Waals surface area contributed by atoms with E-state index in [1.165, 1.54) is 12.1 Å². The van der Waals surface area contributed by atoms with Gasteiger partial charge in [0.1, 0.15) is 5.82 Å². The summed E-state index contributed by atoms with van der Waals surface area (Å²) in [4.78, 5) is 12.6. The van der Waals surface area contributed by atoms with E-state index >= 15 is 0 Å². The zero-order chi connectivity index (χ0) is 17.6. The number of hydrogen-bond donors (Lipinski definition) is 1. The minimum Gasteiger partial charge on any atom is -0.345 e. The van der Waals surface area contributed by atoms with E-state index < -0.39 is 0 Å². The third-order valence-corrected chi connectivity index (χ3v) is 4.22. The van der Waals surface area contributed by atoms with Crippen LogP contribution in [0.15, 0.2) is 78.9 Å². The molecule has 0 aromatic heterocycles. The van der Waals surface area contributed by atoms with E-state index in [0.717, 1.165) is 22.3 Å². The minimum atomic E-state index is -0.300. The molecule has 0 saturated heterocycles. The van der Waals surface area contributed by atoms with Gasteiger partial charge in [-0.1, -0.05) is 66.7 Å². The van der Waals surface area contributed by atoms with Crippen molar-refractivity contribution in [3.8, 4) is 0 Å². The van der Waals surface area contributed by atoms with Gasteiger partial charge < -0.3 is 5.32 Å². The lowest BCUT2D eigenvalue weighted by Crippen LogP contribution is -2.31. The Morgan fingerprint density at radius 2 is 1.56 bits per heavy atom. The first-order chi connectivity index (χ1) is 12.1. The summed E-state index contributed by atoms with van der Waals surface area (Å²) in [5.41, 5.74) is 4.01. The number of hydrogen-bond acceptors (Lipinski definition) is 1. The zero-order valence-electron chi connectivity index (χ0n) is 14.1. The minimum absolute atomic E-state index is 0.0938. The molecule has 25 heavy (non-hydrogen) atoms. The molecule has 3 aromatic rings. The number of aryl methyl sites for hydroxylation is 1. The number of nitrogens with one attached hydrogen (secondary N) is 1. The monoisotopic (exact) mass is 333 g/mol. The molecule has 0 aliphatic rings. The lowest BCUT2D eigenvalue weighted by atomic mass is 9.94. The van der Waals surface area contributed by atoms with Gasteiger partial charge in [-0.3, -0.25) is 4.79 Å². The van der Waals surface area contributed by atoms with Crippen molar-refractivity contribution in [2.75, 3.05) is 0 Å². The second kappa shape index (κ2) is 7.75. The average Bonchev–Trinajstić information content (AvgIpc) is 2.63. The maximum atomic E-state index is 13.0. The molecule has 0 saturated carbocycles. The van der Waals surface area contributed by atoms with Crippen LogP contribution >= 0.6 is 0 Å². The van der Waals surface area contributed by atoms with Crippen LogP contribution in [-0.2, 0) is 11.2 Å². The van der Waals surface area contributed by atoms with Gasteiger partial charge in [-0.25, -0.2) is 4.39 Å². The van der Waals surface area contributed by atoms with Crippen LogP contribution in [0.25, 0.3) is 0 Å². The van der Waals surface area contributed by atoms with Gasteiger partial charge in [-0.2, -0.15) is 0 Å². The van der Waals surface area contributed by atoms with Gasteiger partial charge in [-0.15, -0.1) is 0 Å². The van der Waals surface area contributed by atoms with Crippen molar-refractivity contribution in [2.45, 2.75) is 19.4 Å². The molecule has 0 unspecified atom stereocenters. The van der Waals surface area contributed by atoms with Crippen molar-refractivity contribution in [2.24, 2.45) is 0 Å². The highest BCUT2D eigenvalue weighted by Gasteiger charge is 2.18. The third kappa shape index (κ3) is 4.32. The molecular formula is C22H20FNO. The molecule has 1 amide bonds. The van der Waals surface area contributed by atoms with Gasteiger partial charge in [0.2, 0.25) is 5.91 Å². The number of rotatable bonds is 5. The summed E-state index contributed by atoms with van der Waals surface area (Å²) >= 11 is 0. The van der Waals surface area contributed by atoms with Crippen LogP contribution in [0.3, 0.4) is 0 Å². The Kier molecular flexibility index (Phi) is 5.24. The number of carbonyl (C=O) groups excluding carboxylic acids is 1. The summed E-state index contributed by atoms with van der Waals surface area (Å²) in [7, 11) is 0. The predicted octanol–water partition coefficient (Wildman–Crippen LogP) is 4.58. The van der Waals surface area contributed by atoms with Crippen molar-refractivity contribution in [1.82, 2.24) is 5.32 Å². The highest BCUT2D eigenvalue weighted by atomic mass is 19.1. The van der Waals surface area contributed by atoms with Gasteiger partial charge in [0, 0.05) is 0 Å². The van der Waals surface area contributed by atoms with Gasteiger partial charge in [0.05, 0.1) is 12.5 Å². The van der Waals surface area contributed by atoms with Crippen molar-refractivity contribution >= 4 is 5.91 Å². The normalized spacial score (nSPS) is 11.8. The van der Waals surface area contributed by atoms with Crippen LogP contribution in [0.5, 0.6) is 0 Å². The molecular weight excluding hydrogens is 313 g/mol. The molecule has 1 atom stereocenters. The second-order valence-corrected chi connectivity index (χ2v) is 6.07. The maximum Gasteiger partial charge on any atom is 0.225 e. The standard InChI is InChI=1S/C22H20FNO/c1-16-7-5-6-10-20(16)22(18-8-3-2-4-9-18)24-21(25)15-17-11-13-19(23)14-12-17/h2-14,22H,15H2,1H3,(H,24,25)/t22-/m1/s1. The lowest BCUT2D eigenvalue weighted by molar-refractivity contribution is -0.120. The second-order valence-electron chi connectivity index (χ2n) is 6.07. The zero-order valence-corrected chi connectivity index (χ0v) is 14.1. The van der Waals surface area contributed by atoms with Crippen LogP contribution in [0.1, 0.15) is 28.3 Å². The summed E-state index contributed by atoms with van der Waals surface area (Å²) in [5, 5.41) is 3.12. The van der Waals surface area contributed by atoms with Crippen molar-refractivity contribution < 1.29 is 9.18 Å². The Morgan fingerprint density at radius 3 is 2.24 bits per heavy atom. The molecule has 0 aliphatic heterocycles. The molecule has 2 nitrogen and oxygen atoms in total. The molecule has 3 rings (SSSR count). The molecule has 3 aromatic carbocycles. The fourth-order valence-electron chi connectivity index (χ4n) is 2.90. The fraction of sp³-hybridized carbons (Fsp3) is 0.136. The van der Waals surface area contributed by atoms with E-state index in [1.54, 1.807) is 12.1 Å². The highest BCUT2D eigenvalue weighted by Crippen LogP contribution is 2.25. The van der Waals surface area contributed by atoms with Crippen molar-refractivity contribution in [3.63, 3.8) is 0 Å². The molecule has 0 spiro atoms. The summed E-state index contributed by atoms with van der Waals surface area (Å²) in [6.07, 6.45) is 0.218. The maximum absolute atomic E-state index is 13.0. The van der Waals surface area contributed by atoms with Crippen molar-refractivity contribution in [1.29, 1.82) is 0 Å². The Hall–Kier alpha value is -2.94. The molecule has 0 fully saturated rings. The number of amides is 1. The molecule has 0 radical (unpaired) electrons. The number of benzene rings is 3. The fourth-order valence-corrected chi connectivity index (χ4v) is 2.90. The van der Waals surface area contributed by atoms with Gasteiger partial charge in [-0.05, 0) is 41.3 Å². The van der Waals surface area contributed by atoms with Crippen LogP contribution in [0, 0.1) is 12.7 Å². The molecule has 0 aliphatic carbocycles. The SMILES string of the molecule is Cc1ccccc1[C@H](NC(=O)Cc1ccc(F)cc1)c1ccccc1. The Morgan fingerprint density at radius 1 is 0.920 bits per heavy atom.